The van der Waals surface area contributed by atoms with Gasteiger partial charge in [-0.25, -0.2) is 0 Å². The fourth-order valence-electron chi connectivity index (χ4n) is 2.88. The summed E-state index contributed by atoms with van der Waals surface area (Å²) < 4.78 is 11.2. The highest BCUT2D eigenvalue weighted by Crippen LogP contribution is 2.46. The zero-order valence-electron chi connectivity index (χ0n) is 13.3. The van der Waals surface area contributed by atoms with E-state index in [0.29, 0.717) is 30.8 Å². The lowest BCUT2D eigenvalue weighted by Crippen LogP contribution is -2.38. The number of aromatic nitrogens is 2. The summed E-state index contributed by atoms with van der Waals surface area (Å²) in [5.41, 5.74) is 5.29. The van der Waals surface area contributed by atoms with E-state index < -0.39 is 11.7 Å². The smallest absolute Gasteiger partial charge is 0.255 e. The van der Waals surface area contributed by atoms with Crippen molar-refractivity contribution in [2.45, 2.75) is 64.6 Å². The SMILES string of the molecule is CCOC1(c2noc([C@@H](O)CCN)n2)CCC(C)(C)CC1. The van der Waals surface area contributed by atoms with Crippen LogP contribution in [0.4, 0.5) is 0 Å². The minimum atomic E-state index is -0.796. The summed E-state index contributed by atoms with van der Waals surface area (Å²) in [5, 5.41) is 14.0. The average Bonchev–Trinajstić information content (AvgIpc) is 2.92. The molecule has 0 amide bonds. The lowest BCUT2D eigenvalue weighted by molar-refractivity contribution is -0.0957. The zero-order valence-corrected chi connectivity index (χ0v) is 13.3. The van der Waals surface area contributed by atoms with Gasteiger partial charge in [0.25, 0.3) is 5.89 Å². The van der Waals surface area contributed by atoms with Gasteiger partial charge in [-0.2, -0.15) is 4.98 Å². The third-order valence-corrected chi connectivity index (χ3v) is 4.41. The van der Waals surface area contributed by atoms with Crippen LogP contribution in [0.5, 0.6) is 0 Å². The van der Waals surface area contributed by atoms with Crippen LogP contribution < -0.4 is 5.73 Å². The molecule has 120 valence electrons. The van der Waals surface area contributed by atoms with Gasteiger partial charge in [-0.05, 0) is 51.0 Å². The summed E-state index contributed by atoms with van der Waals surface area (Å²) >= 11 is 0. The van der Waals surface area contributed by atoms with Crippen molar-refractivity contribution in [1.82, 2.24) is 10.1 Å². The van der Waals surface area contributed by atoms with Gasteiger partial charge in [0.15, 0.2) is 0 Å². The Bertz CT molecular complexity index is 449. The van der Waals surface area contributed by atoms with Crippen LogP contribution in [0, 0.1) is 5.41 Å². The molecule has 1 saturated carbocycles. The predicted molar refractivity (Wildman–Crippen MR) is 78.5 cm³/mol. The van der Waals surface area contributed by atoms with Crippen LogP contribution in [0.2, 0.25) is 0 Å². The Morgan fingerprint density at radius 2 is 2.00 bits per heavy atom. The number of aliphatic hydroxyl groups is 1. The fraction of sp³-hybridized carbons (Fsp3) is 0.867. The summed E-state index contributed by atoms with van der Waals surface area (Å²) in [4.78, 5) is 4.38. The summed E-state index contributed by atoms with van der Waals surface area (Å²) in [7, 11) is 0. The molecule has 0 aliphatic heterocycles. The fourth-order valence-corrected chi connectivity index (χ4v) is 2.88. The summed E-state index contributed by atoms with van der Waals surface area (Å²) in [6, 6.07) is 0. The molecule has 1 aromatic rings. The number of nitrogens with two attached hydrogens (primary N) is 1. The second-order valence-corrected chi connectivity index (χ2v) is 6.64. The van der Waals surface area contributed by atoms with Gasteiger partial charge in [0.2, 0.25) is 5.82 Å². The first-order valence-corrected chi connectivity index (χ1v) is 7.79. The lowest BCUT2D eigenvalue weighted by atomic mass is 9.70. The number of rotatable bonds is 6. The molecule has 6 heteroatoms. The highest BCUT2D eigenvalue weighted by Gasteiger charge is 2.44. The molecule has 0 aromatic carbocycles. The van der Waals surface area contributed by atoms with Gasteiger partial charge in [-0.3, -0.25) is 0 Å². The first-order chi connectivity index (χ1) is 9.92. The van der Waals surface area contributed by atoms with Crippen molar-refractivity contribution in [1.29, 1.82) is 0 Å². The van der Waals surface area contributed by atoms with Gasteiger partial charge in [0.1, 0.15) is 11.7 Å². The van der Waals surface area contributed by atoms with Crippen molar-refractivity contribution >= 4 is 0 Å². The number of nitrogens with zero attached hydrogens (tertiary/aromatic N) is 2. The van der Waals surface area contributed by atoms with E-state index in [9.17, 15) is 5.11 Å². The van der Waals surface area contributed by atoms with E-state index in [1.54, 1.807) is 0 Å². The molecule has 1 aliphatic carbocycles. The highest BCUT2D eigenvalue weighted by atomic mass is 16.5. The van der Waals surface area contributed by atoms with E-state index in [1.807, 2.05) is 6.92 Å². The topological polar surface area (TPSA) is 94.4 Å². The molecule has 2 rings (SSSR count). The third kappa shape index (κ3) is 3.62. The lowest BCUT2D eigenvalue weighted by Gasteiger charge is -2.41. The largest absolute Gasteiger partial charge is 0.383 e. The molecule has 6 nitrogen and oxygen atoms in total. The maximum Gasteiger partial charge on any atom is 0.255 e. The zero-order chi connectivity index (χ0) is 15.5. The van der Waals surface area contributed by atoms with Crippen LogP contribution in [0.15, 0.2) is 4.52 Å². The molecule has 3 N–H and O–H groups in total. The first kappa shape index (κ1) is 16.4. The molecule has 0 radical (unpaired) electrons. The molecular weight excluding hydrogens is 270 g/mol. The van der Waals surface area contributed by atoms with Gasteiger partial charge >= 0.3 is 0 Å². The van der Waals surface area contributed by atoms with Crippen LogP contribution >= 0.6 is 0 Å². The van der Waals surface area contributed by atoms with Gasteiger partial charge in [0.05, 0.1) is 0 Å². The maximum absolute atomic E-state index is 9.91. The number of hydrogen-bond donors (Lipinski definition) is 2. The van der Waals surface area contributed by atoms with Crippen LogP contribution in [0.1, 0.15) is 70.7 Å². The number of ether oxygens (including phenoxy) is 1. The second kappa shape index (κ2) is 6.42. The van der Waals surface area contributed by atoms with E-state index in [1.165, 1.54) is 0 Å². The molecular formula is C15H27N3O3. The Kier molecular flexibility index (Phi) is 5.01. The molecule has 0 spiro atoms. The third-order valence-electron chi connectivity index (χ3n) is 4.41. The molecule has 0 bridgehead atoms. The summed E-state index contributed by atoms with van der Waals surface area (Å²) in [6.07, 6.45) is 3.48. The van der Waals surface area contributed by atoms with E-state index in [-0.39, 0.29) is 5.89 Å². The molecule has 1 heterocycles. The average molecular weight is 297 g/mol. The second-order valence-electron chi connectivity index (χ2n) is 6.64. The van der Waals surface area contributed by atoms with E-state index in [4.69, 9.17) is 15.0 Å². The molecule has 21 heavy (non-hydrogen) atoms. The minimum absolute atomic E-state index is 0.236. The van der Waals surface area contributed by atoms with Crippen molar-refractivity contribution in [2.24, 2.45) is 11.1 Å². The molecule has 0 unspecified atom stereocenters. The summed E-state index contributed by atoms with van der Waals surface area (Å²) in [6.45, 7) is 7.51. The Morgan fingerprint density at radius 1 is 1.33 bits per heavy atom. The van der Waals surface area contributed by atoms with Gasteiger partial charge in [0, 0.05) is 6.61 Å². The van der Waals surface area contributed by atoms with Crippen molar-refractivity contribution in [2.75, 3.05) is 13.2 Å². The number of aliphatic hydroxyl groups excluding tert-OH is 1. The Labute approximate surface area is 126 Å². The van der Waals surface area contributed by atoms with Crippen LogP contribution in [0.3, 0.4) is 0 Å². The predicted octanol–water partition coefficient (Wildman–Crippen LogP) is 2.28. The Morgan fingerprint density at radius 3 is 2.57 bits per heavy atom. The van der Waals surface area contributed by atoms with Crippen LogP contribution in [-0.4, -0.2) is 28.4 Å². The minimum Gasteiger partial charge on any atom is -0.383 e. The normalized spacial score (nSPS) is 22.1. The maximum atomic E-state index is 9.91. The van der Waals surface area contributed by atoms with Gasteiger partial charge < -0.3 is 20.1 Å². The monoisotopic (exact) mass is 297 g/mol. The number of hydrogen-bond acceptors (Lipinski definition) is 6. The quantitative estimate of drug-likeness (QED) is 0.836. The Hall–Kier alpha value is -0.980. The van der Waals surface area contributed by atoms with Crippen molar-refractivity contribution in [3.8, 4) is 0 Å². The van der Waals surface area contributed by atoms with Crippen molar-refractivity contribution in [3.63, 3.8) is 0 Å². The molecule has 1 atom stereocenters. The highest BCUT2D eigenvalue weighted by molar-refractivity contribution is 5.06. The Balaban J connectivity index is 2.19. The molecule has 1 fully saturated rings. The van der Waals surface area contributed by atoms with Crippen LogP contribution in [0.25, 0.3) is 0 Å². The van der Waals surface area contributed by atoms with E-state index in [2.05, 4.69) is 24.0 Å². The van der Waals surface area contributed by atoms with Gasteiger partial charge in [-0.1, -0.05) is 19.0 Å². The van der Waals surface area contributed by atoms with Crippen molar-refractivity contribution < 1.29 is 14.4 Å². The molecule has 1 aromatic heterocycles. The standard InChI is InChI=1S/C15H27N3O3/c1-4-20-15(8-6-14(2,3)7-9-15)13-17-12(21-18-13)11(19)5-10-16/h11,19H,4-10,16H2,1-3H3/t11-/m0/s1. The van der Waals surface area contributed by atoms with E-state index >= 15 is 0 Å². The van der Waals surface area contributed by atoms with E-state index in [0.717, 1.165) is 25.7 Å². The van der Waals surface area contributed by atoms with Crippen LogP contribution in [-0.2, 0) is 10.3 Å². The van der Waals surface area contributed by atoms with Gasteiger partial charge in [-0.15, -0.1) is 0 Å². The first-order valence-electron chi connectivity index (χ1n) is 7.79. The summed E-state index contributed by atoms with van der Waals surface area (Å²) in [5.74, 6) is 0.797. The van der Waals surface area contributed by atoms with Crippen molar-refractivity contribution in [3.05, 3.63) is 11.7 Å². The molecule has 0 saturated heterocycles. The molecule has 1 aliphatic rings.